The van der Waals surface area contributed by atoms with Gasteiger partial charge in [-0.2, -0.15) is 0 Å². The number of carbonyl (C=O) groups excluding carboxylic acids is 3. The van der Waals surface area contributed by atoms with E-state index in [1.54, 1.807) is 36.4 Å². The summed E-state index contributed by atoms with van der Waals surface area (Å²) in [5, 5.41) is 0.671. The summed E-state index contributed by atoms with van der Waals surface area (Å²) in [7, 11) is 1.41. The number of thioether (sulfide) groups is 1. The van der Waals surface area contributed by atoms with Crippen molar-refractivity contribution in [2.75, 3.05) is 7.11 Å². The Labute approximate surface area is 230 Å². The molecule has 1 aliphatic heterocycles. The van der Waals surface area contributed by atoms with Gasteiger partial charge >= 0.3 is 5.97 Å². The SMILES string of the molecule is COc1cccc(/C=C2\SC(=O)N(Cc3c(Cl)cccc3Cl)C2=O)c1OC(=O)c1ccc(Cl)cc1Cl. The minimum atomic E-state index is -0.753. The van der Waals surface area contributed by atoms with Gasteiger partial charge in [-0.25, -0.2) is 4.79 Å². The fourth-order valence-electron chi connectivity index (χ4n) is 3.34. The molecule has 4 rings (SSSR count). The first-order valence-electron chi connectivity index (χ1n) is 10.2. The molecule has 3 aromatic carbocycles. The highest BCUT2D eigenvalue weighted by molar-refractivity contribution is 8.18. The van der Waals surface area contributed by atoms with Gasteiger partial charge in [0, 0.05) is 26.2 Å². The van der Waals surface area contributed by atoms with E-state index in [1.165, 1.54) is 31.4 Å². The van der Waals surface area contributed by atoms with Crippen molar-refractivity contribution < 1.29 is 23.9 Å². The van der Waals surface area contributed by atoms with Crippen LogP contribution < -0.4 is 9.47 Å². The van der Waals surface area contributed by atoms with Gasteiger partial charge in [0.05, 0.1) is 29.1 Å². The summed E-state index contributed by atoms with van der Waals surface area (Å²) in [5.74, 6) is -1.000. The first kappa shape index (κ1) is 26.4. The largest absolute Gasteiger partial charge is 0.493 e. The summed E-state index contributed by atoms with van der Waals surface area (Å²) in [6.07, 6.45) is 1.45. The first-order chi connectivity index (χ1) is 17.2. The van der Waals surface area contributed by atoms with Gasteiger partial charge in [-0.1, -0.05) is 64.6 Å². The number of rotatable bonds is 6. The summed E-state index contributed by atoms with van der Waals surface area (Å²) in [6.45, 7) is -0.0878. The summed E-state index contributed by atoms with van der Waals surface area (Å²) < 4.78 is 11.0. The van der Waals surface area contributed by atoms with E-state index in [4.69, 9.17) is 55.9 Å². The number of hydrogen-bond acceptors (Lipinski definition) is 6. The number of methoxy groups -OCH3 is 1. The third-order valence-corrected chi connectivity index (χ3v) is 7.28. The number of ether oxygens (including phenoxy) is 2. The lowest BCUT2D eigenvalue weighted by Crippen LogP contribution is -2.27. The van der Waals surface area contributed by atoms with Crippen molar-refractivity contribution in [1.82, 2.24) is 4.90 Å². The molecule has 0 radical (unpaired) electrons. The maximum atomic E-state index is 13.1. The van der Waals surface area contributed by atoms with E-state index >= 15 is 0 Å². The van der Waals surface area contributed by atoms with Crippen LogP contribution in [-0.2, 0) is 11.3 Å². The van der Waals surface area contributed by atoms with Crippen LogP contribution in [0.15, 0.2) is 59.5 Å². The minimum absolute atomic E-state index is 0.0527. The second kappa shape index (κ2) is 11.2. The van der Waals surface area contributed by atoms with Gasteiger partial charge in [-0.05, 0) is 54.2 Å². The minimum Gasteiger partial charge on any atom is -0.493 e. The maximum absolute atomic E-state index is 13.1. The van der Waals surface area contributed by atoms with Crippen molar-refractivity contribution in [3.63, 3.8) is 0 Å². The quantitative estimate of drug-likeness (QED) is 0.168. The van der Waals surface area contributed by atoms with Gasteiger partial charge in [0.15, 0.2) is 11.5 Å². The van der Waals surface area contributed by atoms with Crippen LogP contribution >= 0.6 is 58.2 Å². The molecule has 0 N–H and O–H groups in total. The monoisotopic (exact) mass is 581 g/mol. The maximum Gasteiger partial charge on any atom is 0.345 e. The lowest BCUT2D eigenvalue weighted by atomic mass is 10.1. The van der Waals surface area contributed by atoms with Crippen LogP contribution in [0.5, 0.6) is 11.5 Å². The molecule has 11 heteroatoms. The molecular formula is C25H15Cl4NO5S. The number of halogens is 4. The van der Waals surface area contributed by atoms with E-state index in [2.05, 4.69) is 0 Å². The van der Waals surface area contributed by atoms with Crippen molar-refractivity contribution >= 4 is 81.4 Å². The Bertz CT molecular complexity index is 1410. The molecule has 0 unspecified atom stereocenters. The number of nitrogens with zero attached hydrogens (tertiary/aromatic N) is 1. The summed E-state index contributed by atoms with van der Waals surface area (Å²) in [4.78, 5) is 39.8. The average Bonchev–Trinajstić information content (AvgIpc) is 3.09. The Morgan fingerprint density at radius 3 is 2.33 bits per heavy atom. The van der Waals surface area contributed by atoms with Crippen LogP contribution in [-0.4, -0.2) is 29.1 Å². The molecule has 1 saturated heterocycles. The van der Waals surface area contributed by atoms with Crippen molar-refractivity contribution in [2.45, 2.75) is 6.54 Å². The lowest BCUT2D eigenvalue weighted by molar-refractivity contribution is -0.123. The smallest absolute Gasteiger partial charge is 0.345 e. The van der Waals surface area contributed by atoms with Crippen LogP contribution in [0.2, 0.25) is 20.1 Å². The molecule has 1 fully saturated rings. The molecule has 36 heavy (non-hydrogen) atoms. The van der Waals surface area contributed by atoms with Crippen LogP contribution in [0.25, 0.3) is 6.08 Å². The Kier molecular flexibility index (Phi) is 8.17. The first-order valence-corrected chi connectivity index (χ1v) is 12.5. The molecule has 0 aromatic heterocycles. The van der Waals surface area contributed by atoms with Crippen molar-refractivity contribution in [3.8, 4) is 11.5 Å². The normalized spacial score (nSPS) is 14.5. The van der Waals surface area contributed by atoms with Gasteiger partial charge in [0.1, 0.15) is 0 Å². The molecule has 1 aliphatic rings. The van der Waals surface area contributed by atoms with E-state index in [9.17, 15) is 14.4 Å². The Balaban J connectivity index is 1.65. The van der Waals surface area contributed by atoms with E-state index in [1.807, 2.05) is 0 Å². The number of esters is 1. The molecule has 0 aliphatic carbocycles. The molecule has 6 nitrogen and oxygen atoms in total. The number of amides is 2. The highest BCUT2D eigenvalue weighted by Gasteiger charge is 2.36. The number of benzene rings is 3. The number of para-hydroxylation sites is 1. The molecular weight excluding hydrogens is 568 g/mol. The van der Waals surface area contributed by atoms with E-state index < -0.39 is 17.1 Å². The fourth-order valence-corrected chi connectivity index (χ4v) is 5.17. The third-order valence-electron chi connectivity index (χ3n) is 5.11. The number of imide groups is 1. The second-order valence-corrected chi connectivity index (χ2v) is 10.0. The highest BCUT2D eigenvalue weighted by atomic mass is 35.5. The average molecular weight is 583 g/mol. The van der Waals surface area contributed by atoms with Gasteiger partial charge < -0.3 is 9.47 Å². The highest BCUT2D eigenvalue weighted by Crippen LogP contribution is 2.39. The molecule has 0 atom stereocenters. The zero-order valence-electron chi connectivity index (χ0n) is 18.4. The second-order valence-electron chi connectivity index (χ2n) is 7.36. The molecule has 0 spiro atoms. The topological polar surface area (TPSA) is 72.9 Å². The van der Waals surface area contributed by atoms with Crippen LogP contribution in [0.1, 0.15) is 21.5 Å². The fraction of sp³-hybridized carbons (Fsp3) is 0.0800. The van der Waals surface area contributed by atoms with Gasteiger partial charge in [-0.3, -0.25) is 14.5 Å². The predicted octanol–water partition coefficient (Wildman–Crippen LogP) is 7.76. The summed E-state index contributed by atoms with van der Waals surface area (Å²) in [5.41, 5.74) is 0.893. The van der Waals surface area contributed by atoms with Crippen molar-refractivity contribution in [1.29, 1.82) is 0 Å². The van der Waals surface area contributed by atoms with E-state index in [-0.39, 0.29) is 33.5 Å². The lowest BCUT2D eigenvalue weighted by Gasteiger charge is -2.15. The van der Waals surface area contributed by atoms with Crippen molar-refractivity contribution in [3.05, 3.63) is 96.3 Å². The third kappa shape index (κ3) is 5.51. The Morgan fingerprint density at radius 2 is 1.67 bits per heavy atom. The van der Waals surface area contributed by atoms with Gasteiger partial charge in [0.25, 0.3) is 11.1 Å². The standard InChI is InChI=1S/C25H15Cl4NO5S/c1-34-20-7-2-4-13(22(20)35-24(32)15-9-8-14(26)11-19(15)29)10-21-23(31)30(25(33)36-21)12-16-17(27)5-3-6-18(16)28/h2-11H,12H2,1H3/b21-10-. The molecule has 0 bridgehead atoms. The van der Waals surface area contributed by atoms with E-state index in [0.29, 0.717) is 26.2 Å². The molecule has 3 aromatic rings. The molecule has 184 valence electrons. The predicted molar refractivity (Wildman–Crippen MR) is 142 cm³/mol. The summed E-state index contributed by atoms with van der Waals surface area (Å²) >= 11 is 25.2. The molecule has 1 heterocycles. The Hall–Kier alpha value is -2.68. The number of hydrogen-bond donors (Lipinski definition) is 0. The van der Waals surface area contributed by atoms with Crippen LogP contribution in [0, 0.1) is 0 Å². The summed E-state index contributed by atoms with van der Waals surface area (Å²) in [6, 6.07) is 14.2. The molecule has 0 saturated carbocycles. The Morgan fingerprint density at radius 1 is 0.972 bits per heavy atom. The number of carbonyl (C=O) groups is 3. The van der Waals surface area contributed by atoms with Crippen LogP contribution in [0.4, 0.5) is 4.79 Å². The van der Waals surface area contributed by atoms with Gasteiger partial charge in [-0.15, -0.1) is 0 Å². The van der Waals surface area contributed by atoms with E-state index in [0.717, 1.165) is 16.7 Å². The zero-order chi connectivity index (χ0) is 26.0. The zero-order valence-corrected chi connectivity index (χ0v) is 22.2. The molecule has 2 amide bonds. The van der Waals surface area contributed by atoms with Gasteiger partial charge in [0.2, 0.25) is 0 Å². The van der Waals surface area contributed by atoms with Crippen LogP contribution in [0.3, 0.4) is 0 Å². The van der Waals surface area contributed by atoms with Crippen molar-refractivity contribution in [2.24, 2.45) is 0 Å².